The minimum atomic E-state index is -1.60. The van der Waals surface area contributed by atoms with Crippen molar-refractivity contribution in [3.63, 3.8) is 0 Å². The summed E-state index contributed by atoms with van der Waals surface area (Å²) in [5, 5.41) is -0.970. The van der Waals surface area contributed by atoms with Crippen molar-refractivity contribution < 1.29 is 18.1 Å². The molecule has 0 radical (unpaired) electrons. The van der Waals surface area contributed by atoms with Gasteiger partial charge in [-0.2, -0.15) is 0 Å². The second-order valence-electron chi connectivity index (χ2n) is 11.1. The Labute approximate surface area is 247 Å². The van der Waals surface area contributed by atoms with Crippen LogP contribution in [0.25, 0.3) is 0 Å². The lowest BCUT2D eigenvalue weighted by atomic mass is 9.89. The van der Waals surface area contributed by atoms with Gasteiger partial charge in [0.2, 0.25) is 5.91 Å². The van der Waals surface area contributed by atoms with E-state index < -0.39 is 27.0 Å². The summed E-state index contributed by atoms with van der Waals surface area (Å²) in [7, 11) is 0.00667. The van der Waals surface area contributed by atoms with Gasteiger partial charge in [-0.1, -0.05) is 79.2 Å². The largest absolute Gasteiger partial charge is 0.497 e. The zero-order valence-corrected chi connectivity index (χ0v) is 26.8. The van der Waals surface area contributed by atoms with Gasteiger partial charge in [0, 0.05) is 21.3 Å². The second kappa shape index (κ2) is 12.6. The molecule has 3 rings (SSSR count). The summed E-state index contributed by atoms with van der Waals surface area (Å²) >= 11 is 10.3. The van der Waals surface area contributed by atoms with Crippen LogP contribution in [-0.4, -0.2) is 41.8 Å². The highest BCUT2D eigenvalue weighted by Gasteiger charge is 2.43. The Morgan fingerprint density at radius 2 is 1.64 bits per heavy atom. The van der Waals surface area contributed by atoms with E-state index in [9.17, 15) is 4.79 Å². The number of amides is 1. The maximum Gasteiger partial charge on any atom is 0.246 e. The van der Waals surface area contributed by atoms with Crippen LogP contribution in [0.3, 0.4) is 0 Å². The maximum atomic E-state index is 15.6. The fraction of sp³-hybridized carbons (Fsp3) is 0.387. The summed E-state index contributed by atoms with van der Waals surface area (Å²) in [6, 6.07) is 21.5. The highest BCUT2D eigenvalue weighted by molar-refractivity contribution is 9.10. The van der Waals surface area contributed by atoms with Crippen molar-refractivity contribution in [2.75, 3.05) is 26.2 Å². The van der Waals surface area contributed by atoms with Gasteiger partial charge >= 0.3 is 0 Å². The summed E-state index contributed by atoms with van der Waals surface area (Å²) in [6.45, 7) is 8.51. The Bertz CT molecular complexity index is 1270. The van der Waals surface area contributed by atoms with Crippen molar-refractivity contribution >= 4 is 43.7 Å². The molecule has 1 amide bonds. The van der Waals surface area contributed by atoms with Crippen molar-refractivity contribution in [2.24, 2.45) is 0 Å². The first kappa shape index (κ1) is 31.5. The standard InChI is InChI=1S/C31H38BrClFNO3S/c1-30(2,3)39(6,7)38-21-31(4,26-19-24(32)15-18-27(26)34)35(20-22-13-16-25(37-5)17-14-22)29(36)28(33)23-11-9-8-10-12-23/h8-19,28H,20-21H2,1-7H3. The Morgan fingerprint density at radius 1 is 1.03 bits per heavy atom. The fourth-order valence-electron chi connectivity index (χ4n) is 3.96. The topological polar surface area (TPSA) is 38.8 Å². The van der Waals surface area contributed by atoms with E-state index in [2.05, 4.69) is 49.2 Å². The van der Waals surface area contributed by atoms with Gasteiger partial charge in [-0.15, -0.1) is 21.9 Å². The first-order valence-electron chi connectivity index (χ1n) is 12.7. The molecule has 0 fully saturated rings. The van der Waals surface area contributed by atoms with Crippen molar-refractivity contribution in [3.8, 4) is 5.75 Å². The molecule has 2 unspecified atom stereocenters. The summed E-state index contributed by atoms with van der Waals surface area (Å²) < 4.78 is 28.2. The average molecular weight is 639 g/mol. The van der Waals surface area contributed by atoms with Crippen molar-refractivity contribution in [2.45, 2.75) is 49.9 Å². The molecule has 3 aromatic rings. The van der Waals surface area contributed by atoms with Gasteiger partial charge in [0.15, 0.2) is 0 Å². The van der Waals surface area contributed by atoms with Crippen LogP contribution in [0.2, 0.25) is 0 Å². The lowest BCUT2D eigenvalue weighted by molar-refractivity contribution is -0.140. The van der Waals surface area contributed by atoms with Crippen LogP contribution >= 0.6 is 37.8 Å². The number of benzene rings is 3. The number of halogens is 3. The molecule has 0 aliphatic rings. The van der Waals surface area contributed by atoms with E-state index in [1.807, 2.05) is 61.5 Å². The van der Waals surface area contributed by atoms with Crippen LogP contribution in [0.15, 0.2) is 77.3 Å². The first-order chi connectivity index (χ1) is 18.2. The number of carbonyl (C=O) groups excluding carboxylic acids is 1. The fourth-order valence-corrected chi connectivity index (χ4v) is 5.46. The van der Waals surface area contributed by atoms with Crippen LogP contribution in [0, 0.1) is 5.82 Å². The number of nitrogens with zero attached hydrogens (tertiary/aromatic N) is 1. The van der Waals surface area contributed by atoms with Crippen molar-refractivity contribution in [1.29, 1.82) is 0 Å². The predicted molar refractivity (Wildman–Crippen MR) is 165 cm³/mol. The summed E-state index contributed by atoms with van der Waals surface area (Å²) in [4.78, 5) is 16.0. The average Bonchev–Trinajstić information content (AvgIpc) is 2.91. The molecular formula is C31H38BrClFNO3S. The number of rotatable bonds is 10. The summed E-state index contributed by atoms with van der Waals surface area (Å²) in [6.07, 6.45) is 4.18. The van der Waals surface area contributed by atoms with E-state index in [1.165, 1.54) is 6.07 Å². The number of ether oxygens (including phenoxy) is 1. The van der Waals surface area contributed by atoms with Crippen LogP contribution in [-0.2, 0) is 21.1 Å². The minimum Gasteiger partial charge on any atom is -0.497 e. The Hall–Kier alpha value is -2.06. The Balaban J connectivity index is 2.18. The molecule has 2 atom stereocenters. The molecule has 8 heteroatoms. The molecular weight excluding hydrogens is 601 g/mol. The van der Waals surface area contributed by atoms with E-state index in [1.54, 1.807) is 24.1 Å². The molecule has 0 saturated carbocycles. The first-order valence-corrected chi connectivity index (χ1v) is 16.3. The van der Waals surface area contributed by atoms with Crippen LogP contribution < -0.4 is 4.74 Å². The van der Waals surface area contributed by atoms with Crippen LogP contribution in [0.4, 0.5) is 4.39 Å². The molecule has 4 nitrogen and oxygen atoms in total. The van der Waals surface area contributed by atoms with Gasteiger partial charge in [-0.05, 0) is 60.9 Å². The van der Waals surface area contributed by atoms with E-state index in [-0.39, 0.29) is 23.8 Å². The van der Waals surface area contributed by atoms with Crippen molar-refractivity contribution in [3.05, 3.63) is 99.8 Å². The van der Waals surface area contributed by atoms with E-state index in [4.69, 9.17) is 20.5 Å². The molecule has 39 heavy (non-hydrogen) atoms. The maximum absolute atomic E-state index is 15.6. The Kier molecular flexibility index (Phi) is 10.2. The lowest BCUT2D eigenvalue weighted by Gasteiger charge is -2.49. The van der Waals surface area contributed by atoms with Gasteiger partial charge in [-0.3, -0.25) is 4.79 Å². The minimum absolute atomic E-state index is 0.0836. The molecule has 0 aromatic heterocycles. The third-order valence-corrected chi connectivity index (χ3v) is 11.9. The Morgan fingerprint density at radius 3 is 2.21 bits per heavy atom. The summed E-state index contributed by atoms with van der Waals surface area (Å²) in [5.74, 6) is -0.0604. The molecule has 0 saturated heterocycles. The molecule has 3 aromatic carbocycles. The van der Waals surface area contributed by atoms with E-state index in [0.29, 0.717) is 21.3 Å². The molecule has 0 aliphatic carbocycles. The van der Waals surface area contributed by atoms with Gasteiger partial charge in [-0.25, -0.2) is 4.39 Å². The zero-order valence-electron chi connectivity index (χ0n) is 23.6. The zero-order chi connectivity index (χ0) is 29.0. The van der Waals surface area contributed by atoms with Gasteiger partial charge in [0.1, 0.15) is 16.9 Å². The number of hydrogen-bond acceptors (Lipinski definition) is 3. The van der Waals surface area contributed by atoms with E-state index in [0.717, 1.165) is 5.56 Å². The molecule has 0 bridgehead atoms. The van der Waals surface area contributed by atoms with Crippen LogP contribution in [0.5, 0.6) is 5.75 Å². The van der Waals surface area contributed by atoms with E-state index >= 15 is 4.39 Å². The third-order valence-electron chi connectivity index (χ3n) is 7.29. The molecule has 0 N–H and O–H groups in total. The van der Waals surface area contributed by atoms with Gasteiger partial charge < -0.3 is 13.8 Å². The summed E-state index contributed by atoms with van der Waals surface area (Å²) in [5.41, 5.74) is 0.676. The smallest absolute Gasteiger partial charge is 0.246 e. The van der Waals surface area contributed by atoms with Gasteiger partial charge in [0.05, 0.1) is 19.3 Å². The molecule has 0 aliphatic heterocycles. The second-order valence-corrected chi connectivity index (χ2v) is 16.3. The monoisotopic (exact) mass is 637 g/mol. The normalized spacial score (nSPS) is 14.8. The highest BCUT2D eigenvalue weighted by Crippen LogP contribution is 2.55. The molecule has 212 valence electrons. The third kappa shape index (κ3) is 7.37. The molecule has 0 heterocycles. The quantitative estimate of drug-likeness (QED) is 0.209. The van der Waals surface area contributed by atoms with Crippen molar-refractivity contribution in [1.82, 2.24) is 4.90 Å². The SMILES string of the molecule is COc1ccc(CN(C(=O)C(Cl)c2ccccc2)C(C)(COS(C)(C)C(C)(C)C)c2cc(Br)ccc2F)cc1. The number of alkyl halides is 1. The lowest BCUT2D eigenvalue weighted by Crippen LogP contribution is -2.52. The van der Waals surface area contributed by atoms with Crippen LogP contribution in [0.1, 0.15) is 49.8 Å². The van der Waals surface area contributed by atoms with Gasteiger partial charge in [0.25, 0.3) is 0 Å². The number of hydrogen-bond donors (Lipinski definition) is 0. The number of carbonyl (C=O) groups is 1. The predicted octanol–water partition coefficient (Wildman–Crippen LogP) is 8.62. The molecule has 0 spiro atoms. The highest BCUT2D eigenvalue weighted by atomic mass is 79.9. The number of methoxy groups -OCH3 is 1.